The number of carboxylic acids is 1. The van der Waals surface area contributed by atoms with Crippen molar-refractivity contribution < 1.29 is 14.3 Å². The lowest BCUT2D eigenvalue weighted by molar-refractivity contribution is -0.139. The minimum atomic E-state index is -1.35. The highest BCUT2D eigenvalue weighted by Crippen LogP contribution is 2.52. The van der Waals surface area contributed by atoms with Crippen LogP contribution in [-0.4, -0.2) is 23.2 Å². The maximum Gasteiger partial charge on any atom is 0.321 e. The van der Waals surface area contributed by atoms with Crippen LogP contribution in [0.3, 0.4) is 0 Å². The second-order valence-electron chi connectivity index (χ2n) is 9.37. The number of aliphatic carboxylic acids is 1. The number of benzene rings is 2. The number of hydrogen-bond acceptors (Lipinski definition) is 3. The molecule has 2 aromatic rings. The van der Waals surface area contributed by atoms with Crippen LogP contribution in [0.25, 0.3) is 0 Å². The van der Waals surface area contributed by atoms with Crippen molar-refractivity contribution >= 4 is 29.2 Å². The fourth-order valence-electron chi connectivity index (χ4n) is 4.65. The van der Waals surface area contributed by atoms with E-state index in [0.717, 1.165) is 5.56 Å². The summed E-state index contributed by atoms with van der Waals surface area (Å²) in [6.07, 6.45) is 0.505. The SMILES string of the molecule is Cc1cc(C2(C#N)C(CC(C)(C)C)NC(C(=O)O)C2c2cccc(Cl)c2F)ccc1Cl. The van der Waals surface area contributed by atoms with E-state index in [9.17, 15) is 15.2 Å². The van der Waals surface area contributed by atoms with Gasteiger partial charge in [0.15, 0.2) is 0 Å². The van der Waals surface area contributed by atoms with Crippen molar-refractivity contribution in [3.8, 4) is 6.07 Å². The summed E-state index contributed by atoms with van der Waals surface area (Å²) in [4.78, 5) is 12.3. The Kier molecular flexibility index (Phi) is 6.40. The molecule has 1 heterocycles. The number of rotatable bonds is 4. The molecule has 4 unspecified atom stereocenters. The van der Waals surface area contributed by atoms with E-state index in [1.54, 1.807) is 24.3 Å². The van der Waals surface area contributed by atoms with Gasteiger partial charge in [0.1, 0.15) is 17.3 Å². The summed E-state index contributed by atoms with van der Waals surface area (Å²) in [5, 5.41) is 24.2. The van der Waals surface area contributed by atoms with Gasteiger partial charge in [-0.05, 0) is 47.6 Å². The number of hydrogen-bond donors (Lipinski definition) is 2. The Morgan fingerprint density at radius 1 is 1.26 bits per heavy atom. The van der Waals surface area contributed by atoms with E-state index >= 15 is 4.39 Å². The first-order valence-corrected chi connectivity index (χ1v) is 10.8. The van der Waals surface area contributed by atoms with Crippen LogP contribution in [0.4, 0.5) is 4.39 Å². The summed E-state index contributed by atoms with van der Waals surface area (Å²) in [7, 11) is 0. The van der Waals surface area contributed by atoms with Gasteiger partial charge in [-0.15, -0.1) is 0 Å². The number of carbonyl (C=O) groups is 1. The van der Waals surface area contributed by atoms with Crippen molar-refractivity contribution in [1.82, 2.24) is 5.32 Å². The number of nitrogens with one attached hydrogen (secondary N) is 1. The third-order valence-electron chi connectivity index (χ3n) is 5.97. The van der Waals surface area contributed by atoms with Crippen LogP contribution >= 0.6 is 23.2 Å². The van der Waals surface area contributed by atoms with E-state index in [0.29, 0.717) is 17.0 Å². The molecule has 31 heavy (non-hydrogen) atoms. The Hall–Kier alpha value is -2.13. The zero-order chi connectivity index (χ0) is 23.1. The summed E-state index contributed by atoms with van der Waals surface area (Å²) in [5.41, 5.74) is -0.0966. The number of nitrogens with zero attached hydrogens (tertiary/aromatic N) is 1. The van der Waals surface area contributed by atoms with E-state index in [2.05, 4.69) is 11.4 Å². The van der Waals surface area contributed by atoms with Crippen LogP contribution in [-0.2, 0) is 10.2 Å². The topological polar surface area (TPSA) is 73.1 Å². The molecule has 1 saturated heterocycles. The Morgan fingerprint density at radius 3 is 2.48 bits per heavy atom. The fourth-order valence-corrected chi connectivity index (χ4v) is 4.95. The van der Waals surface area contributed by atoms with E-state index in [1.165, 1.54) is 12.1 Å². The van der Waals surface area contributed by atoms with E-state index in [-0.39, 0.29) is 16.0 Å². The number of halogens is 3. The molecule has 1 fully saturated rings. The quantitative estimate of drug-likeness (QED) is 0.597. The van der Waals surface area contributed by atoms with Crippen molar-refractivity contribution in [2.24, 2.45) is 5.41 Å². The molecule has 0 aliphatic carbocycles. The normalized spacial score (nSPS) is 25.9. The molecule has 2 aromatic carbocycles. The van der Waals surface area contributed by atoms with Crippen LogP contribution in [0.2, 0.25) is 10.0 Å². The highest BCUT2D eigenvalue weighted by molar-refractivity contribution is 6.31. The monoisotopic (exact) mass is 462 g/mol. The fraction of sp³-hybridized carbons (Fsp3) is 0.417. The average molecular weight is 463 g/mol. The lowest BCUT2D eigenvalue weighted by Gasteiger charge is -2.37. The summed E-state index contributed by atoms with van der Waals surface area (Å²) < 4.78 is 15.2. The predicted octanol–water partition coefficient (Wildman–Crippen LogP) is 5.85. The Morgan fingerprint density at radius 2 is 1.94 bits per heavy atom. The first kappa shape index (κ1) is 23.5. The molecule has 0 spiro atoms. The molecule has 2 N–H and O–H groups in total. The maximum atomic E-state index is 15.2. The van der Waals surface area contributed by atoms with Crippen LogP contribution in [0.1, 0.15) is 49.8 Å². The summed E-state index contributed by atoms with van der Waals surface area (Å²) >= 11 is 12.3. The van der Waals surface area contributed by atoms with Crippen LogP contribution in [0.5, 0.6) is 0 Å². The highest BCUT2D eigenvalue weighted by Gasteiger charge is 2.60. The van der Waals surface area contributed by atoms with Crippen LogP contribution in [0.15, 0.2) is 36.4 Å². The minimum absolute atomic E-state index is 0.109. The van der Waals surface area contributed by atoms with Crippen molar-refractivity contribution in [2.75, 3.05) is 0 Å². The van der Waals surface area contributed by atoms with Crippen LogP contribution in [0, 0.1) is 29.5 Å². The molecule has 4 nitrogen and oxygen atoms in total. The number of carboxylic acid groups (broad SMARTS) is 1. The van der Waals surface area contributed by atoms with Crippen molar-refractivity contribution in [1.29, 1.82) is 5.26 Å². The molecule has 0 radical (unpaired) electrons. The Balaban J connectivity index is 2.36. The Labute approximate surface area is 192 Å². The van der Waals surface area contributed by atoms with E-state index in [4.69, 9.17) is 23.2 Å². The van der Waals surface area contributed by atoms with E-state index in [1.807, 2.05) is 27.7 Å². The predicted molar refractivity (Wildman–Crippen MR) is 120 cm³/mol. The van der Waals surface area contributed by atoms with Gasteiger partial charge in [-0.2, -0.15) is 5.26 Å². The van der Waals surface area contributed by atoms with Gasteiger partial charge in [0.05, 0.1) is 11.1 Å². The molecule has 1 aliphatic heterocycles. The molecule has 7 heteroatoms. The summed E-state index contributed by atoms with van der Waals surface area (Å²) in [6.45, 7) is 7.88. The van der Waals surface area contributed by atoms with Gasteiger partial charge in [-0.25, -0.2) is 4.39 Å². The molecule has 3 rings (SSSR count). The van der Waals surface area contributed by atoms with Gasteiger partial charge in [0, 0.05) is 17.0 Å². The number of aryl methyl sites for hydroxylation is 1. The average Bonchev–Trinajstić information content (AvgIpc) is 2.99. The molecule has 0 aromatic heterocycles. The number of nitriles is 1. The first-order chi connectivity index (χ1) is 14.4. The second-order valence-corrected chi connectivity index (χ2v) is 10.2. The smallest absolute Gasteiger partial charge is 0.321 e. The highest BCUT2D eigenvalue weighted by atomic mass is 35.5. The third kappa shape index (κ3) is 4.17. The lowest BCUT2D eigenvalue weighted by atomic mass is 9.62. The van der Waals surface area contributed by atoms with Gasteiger partial charge in [-0.1, -0.05) is 68.2 Å². The largest absolute Gasteiger partial charge is 0.480 e. The molecule has 0 amide bonds. The van der Waals surface area contributed by atoms with Crippen molar-refractivity contribution in [3.63, 3.8) is 0 Å². The Bertz CT molecular complexity index is 1060. The van der Waals surface area contributed by atoms with Crippen molar-refractivity contribution in [3.05, 3.63) is 69.0 Å². The molecule has 1 aliphatic rings. The van der Waals surface area contributed by atoms with Gasteiger partial charge in [0.2, 0.25) is 0 Å². The molecule has 164 valence electrons. The molecular formula is C24H25Cl2FN2O2. The zero-order valence-corrected chi connectivity index (χ0v) is 19.4. The summed E-state index contributed by atoms with van der Waals surface area (Å²) in [5.74, 6) is -2.85. The van der Waals surface area contributed by atoms with Gasteiger partial charge in [0.25, 0.3) is 0 Å². The summed E-state index contributed by atoms with van der Waals surface area (Å²) in [6, 6.07) is 10.4. The zero-order valence-electron chi connectivity index (χ0n) is 17.8. The standard InChI is InChI=1S/C24H25Cl2FN2O2/c1-13-10-14(8-9-16(13)25)24(12-28)18(11-23(2,3)4)29-21(22(30)31)19(24)15-6-5-7-17(26)20(15)27/h5-10,18-19,21,29H,11H2,1-4H3,(H,30,31). The molecular weight excluding hydrogens is 438 g/mol. The molecule has 0 bridgehead atoms. The third-order valence-corrected chi connectivity index (χ3v) is 6.69. The minimum Gasteiger partial charge on any atom is -0.480 e. The van der Waals surface area contributed by atoms with Crippen molar-refractivity contribution in [2.45, 2.75) is 57.5 Å². The molecule has 0 saturated carbocycles. The second kappa shape index (κ2) is 8.43. The maximum absolute atomic E-state index is 15.2. The van der Waals surface area contributed by atoms with Crippen LogP contribution < -0.4 is 5.32 Å². The van der Waals surface area contributed by atoms with E-state index < -0.39 is 35.2 Å². The van der Waals surface area contributed by atoms with Gasteiger partial charge in [-0.3, -0.25) is 10.1 Å². The lowest BCUT2D eigenvalue weighted by Crippen LogP contribution is -2.44. The van der Waals surface area contributed by atoms with Gasteiger partial charge >= 0.3 is 5.97 Å². The van der Waals surface area contributed by atoms with Gasteiger partial charge < -0.3 is 5.11 Å². The first-order valence-electron chi connectivity index (χ1n) is 10.0. The molecule has 4 atom stereocenters.